The Kier molecular flexibility index (Phi) is 4.59. The van der Waals surface area contributed by atoms with Crippen molar-refractivity contribution >= 4 is 17.1 Å². The molecule has 0 spiro atoms. The van der Waals surface area contributed by atoms with E-state index in [4.69, 9.17) is 0 Å². The Morgan fingerprint density at radius 2 is 2.05 bits per heavy atom. The Balaban J connectivity index is 2.19. The Bertz CT molecular complexity index is 478. The van der Waals surface area contributed by atoms with Crippen LogP contribution in [0.3, 0.4) is 0 Å². The van der Waals surface area contributed by atoms with E-state index in [-0.39, 0.29) is 23.3 Å². The third-order valence-corrected chi connectivity index (χ3v) is 5.47. The topological polar surface area (TPSA) is 46.1 Å². The minimum atomic E-state index is 0.0392. The van der Waals surface area contributed by atoms with E-state index >= 15 is 0 Å². The van der Waals surface area contributed by atoms with Gasteiger partial charge in [0.2, 0.25) is 0 Å². The summed E-state index contributed by atoms with van der Waals surface area (Å²) in [6.45, 7) is 11.3. The van der Waals surface area contributed by atoms with Gasteiger partial charge in [-0.1, -0.05) is 38.5 Å². The highest BCUT2D eigenvalue weighted by atomic mass is 32.1. The lowest BCUT2D eigenvalue weighted by atomic mass is 9.97. The lowest BCUT2D eigenvalue weighted by Crippen LogP contribution is -2.45. The van der Waals surface area contributed by atoms with Gasteiger partial charge in [0.15, 0.2) is 0 Å². The van der Waals surface area contributed by atoms with E-state index in [0.717, 1.165) is 29.4 Å². The van der Waals surface area contributed by atoms with Crippen LogP contribution < -0.4 is 0 Å². The van der Waals surface area contributed by atoms with Gasteiger partial charge in [0.25, 0.3) is 0 Å². The van der Waals surface area contributed by atoms with Crippen LogP contribution in [0, 0.1) is 0 Å². The van der Waals surface area contributed by atoms with Gasteiger partial charge in [-0.05, 0) is 33.2 Å². The Hall–Kier alpha value is -0.810. The normalized spacial score (nSPS) is 22.8. The van der Waals surface area contributed by atoms with Crippen LogP contribution in [-0.2, 0) is 10.2 Å². The maximum atomic E-state index is 11.8. The van der Waals surface area contributed by atoms with Gasteiger partial charge in [-0.3, -0.25) is 9.69 Å². The molecule has 112 valence electrons. The number of carbonyl (C=O) groups excluding carboxylic acids is 1. The molecular formula is C15H25N3OS. The molecule has 1 fully saturated rings. The maximum Gasteiger partial charge on any atom is 0.146 e. The summed E-state index contributed by atoms with van der Waals surface area (Å²) >= 11 is 1.68. The number of hydrogen-bond donors (Lipinski definition) is 0. The van der Waals surface area contributed by atoms with Crippen molar-refractivity contribution in [2.24, 2.45) is 0 Å². The van der Waals surface area contributed by atoms with Crippen molar-refractivity contribution in [3.05, 3.63) is 10.0 Å². The van der Waals surface area contributed by atoms with Gasteiger partial charge in [-0.15, -0.1) is 10.2 Å². The highest BCUT2D eigenvalue weighted by Crippen LogP contribution is 2.33. The molecule has 0 unspecified atom stereocenters. The molecule has 0 radical (unpaired) electrons. The summed E-state index contributed by atoms with van der Waals surface area (Å²) in [5, 5.41) is 10.8. The molecule has 5 heteroatoms. The molecule has 1 aliphatic heterocycles. The van der Waals surface area contributed by atoms with Crippen LogP contribution in [0.4, 0.5) is 0 Å². The zero-order chi connectivity index (χ0) is 14.9. The number of ketones is 1. The quantitative estimate of drug-likeness (QED) is 0.858. The number of carbonyl (C=O) groups is 1. The standard InChI is InChI=1S/C15H25N3OS/c1-10(13-16-17-14(20-13)15(3,4)5)18-9-7-6-8-12(18)11(2)19/h10,12H,6-9H2,1-5H3/t10-,12-/m0/s1. The monoisotopic (exact) mass is 295 g/mol. The van der Waals surface area contributed by atoms with Gasteiger partial charge < -0.3 is 0 Å². The van der Waals surface area contributed by atoms with Gasteiger partial charge in [0.05, 0.1) is 12.1 Å². The minimum absolute atomic E-state index is 0.0392. The van der Waals surface area contributed by atoms with Crippen molar-refractivity contribution < 1.29 is 4.79 Å². The van der Waals surface area contributed by atoms with E-state index in [1.807, 2.05) is 0 Å². The summed E-state index contributed by atoms with van der Waals surface area (Å²) in [5.41, 5.74) is 0.0392. The second-order valence-electron chi connectivity index (χ2n) is 6.73. The van der Waals surface area contributed by atoms with Crippen molar-refractivity contribution in [1.82, 2.24) is 15.1 Å². The van der Waals surface area contributed by atoms with Gasteiger partial charge in [-0.2, -0.15) is 0 Å². The Morgan fingerprint density at radius 3 is 2.60 bits per heavy atom. The van der Waals surface area contributed by atoms with Crippen LogP contribution in [-0.4, -0.2) is 33.5 Å². The van der Waals surface area contributed by atoms with Crippen LogP contribution in [0.2, 0.25) is 0 Å². The largest absolute Gasteiger partial charge is 0.298 e. The van der Waals surface area contributed by atoms with Crippen LogP contribution >= 0.6 is 11.3 Å². The van der Waals surface area contributed by atoms with Gasteiger partial charge in [-0.25, -0.2) is 0 Å². The first-order valence-electron chi connectivity index (χ1n) is 7.41. The number of aromatic nitrogens is 2. The molecule has 0 bridgehead atoms. The molecule has 0 saturated carbocycles. The lowest BCUT2D eigenvalue weighted by Gasteiger charge is -2.37. The van der Waals surface area contributed by atoms with Gasteiger partial charge >= 0.3 is 0 Å². The van der Waals surface area contributed by atoms with E-state index in [2.05, 4.69) is 42.8 Å². The predicted molar refractivity (Wildman–Crippen MR) is 82.1 cm³/mol. The Labute approximate surface area is 125 Å². The first-order valence-corrected chi connectivity index (χ1v) is 8.22. The number of piperidine rings is 1. The van der Waals surface area contributed by atoms with Gasteiger partial charge in [0.1, 0.15) is 15.8 Å². The zero-order valence-electron chi connectivity index (χ0n) is 13.1. The fraction of sp³-hybridized carbons (Fsp3) is 0.800. The second kappa shape index (κ2) is 5.90. The average Bonchev–Trinajstić information content (AvgIpc) is 2.87. The van der Waals surface area contributed by atoms with Crippen LogP contribution in [0.15, 0.2) is 0 Å². The summed E-state index contributed by atoms with van der Waals surface area (Å²) in [6, 6.07) is 0.235. The molecule has 2 heterocycles. The third-order valence-electron chi connectivity index (χ3n) is 3.95. The lowest BCUT2D eigenvalue weighted by molar-refractivity contribution is -0.124. The minimum Gasteiger partial charge on any atom is -0.298 e. The SMILES string of the molecule is CC(=O)[C@@H]1CCCCN1[C@@H](C)c1nnc(C(C)(C)C)s1. The summed E-state index contributed by atoms with van der Waals surface area (Å²) in [4.78, 5) is 14.1. The number of rotatable bonds is 3. The van der Waals surface area contributed by atoms with Crippen LogP contribution in [0.5, 0.6) is 0 Å². The molecule has 0 aromatic carbocycles. The summed E-state index contributed by atoms with van der Waals surface area (Å²) in [5.74, 6) is 0.275. The van der Waals surface area contributed by atoms with Crippen molar-refractivity contribution in [3.63, 3.8) is 0 Å². The molecule has 2 rings (SSSR count). The van der Waals surface area contributed by atoms with Crippen molar-refractivity contribution in [2.75, 3.05) is 6.54 Å². The number of hydrogen-bond acceptors (Lipinski definition) is 5. The summed E-state index contributed by atoms with van der Waals surface area (Å²) in [7, 11) is 0. The molecule has 2 atom stereocenters. The first kappa shape index (κ1) is 15.6. The highest BCUT2D eigenvalue weighted by molar-refractivity contribution is 7.11. The van der Waals surface area contributed by atoms with Crippen LogP contribution in [0.25, 0.3) is 0 Å². The van der Waals surface area contributed by atoms with Crippen molar-refractivity contribution in [1.29, 1.82) is 0 Å². The molecule has 20 heavy (non-hydrogen) atoms. The molecule has 0 amide bonds. The zero-order valence-corrected chi connectivity index (χ0v) is 14.0. The number of likely N-dealkylation sites (tertiary alicyclic amines) is 1. The molecule has 1 saturated heterocycles. The van der Waals surface area contributed by atoms with Crippen molar-refractivity contribution in [2.45, 2.75) is 71.4 Å². The number of Topliss-reactive ketones (excluding diaryl/α,β-unsaturated/α-hetero) is 1. The molecule has 1 aromatic rings. The fourth-order valence-electron chi connectivity index (χ4n) is 2.70. The molecule has 1 aliphatic rings. The van der Waals surface area contributed by atoms with E-state index in [1.54, 1.807) is 18.3 Å². The summed E-state index contributed by atoms with van der Waals surface area (Å²) < 4.78 is 0. The van der Waals surface area contributed by atoms with Crippen LogP contribution in [0.1, 0.15) is 69.9 Å². The van der Waals surface area contributed by atoms with E-state index < -0.39 is 0 Å². The van der Waals surface area contributed by atoms with E-state index in [1.165, 1.54) is 6.42 Å². The summed E-state index contributed by atoms with van der Waals surface area (Å²) in [6.07, 6.45) is 3.29. The molecular weight excluding hydrogens is 270 g/mol. The molecule has 0 N–H and O–H groups in total. The number of nitrogens with zero attached hydrogens (tertiary/aromatic N) is 3. The fourth-order valence-corrected chi connectivity index (χ4v) is 3.68. The maximum absolute atomic E-state index is 11.8. The van der Waals surface area contributed by atoms with E-state index in [9.17, 15) is 4.79 Å². The smallest absolute Gasteiger partial charge is 0.146 e. The van der Waals surface area contributed by atoms with Gasteiger partial charge in [0, 0.05) is 5.41 Å². The molecule has 0 aliphatic carbocycles. The second-order valence-corrected chi connectivity index (χ2v) is 7.74. The Morgan fingerprint density at radius 1 is 1.35 bits per heavy atom. The third kappa shape index (κ3) is 3.26. The predicted octanol–water partition coefficient (Wildman–Crippen LogP) is 3.34. The average molecular weight is 295 g/mol. The molecule has 1 aromatic heterocycles. The highest BCUT2D eigenvalue weighted by Gasteiger charge is 2.32. The molecule has 4 nitrogen and oxygen atoms in total. The van der Waals surface area contributed by atoms with Crippen molar-refractivity contribution in [3.8, 4) is 0 Å². The van der Waals surface area contributed by atoms with E-state index in [0.29, 0.717) is 0 Å². The first-order chi connectivity index (χ1) is 9.30.